The van der Waals surface area contributed by atoms with Gasteiger partial charge in [-0.15, -0.1) is 0 Å². The number of carboxylic acid groups (broad SMARTS) is 1. The Morgan fingerprint density at radius 2 is 1.79 bits per heavy atom. The molecule has 2 N–H and O–H groups in total. The zero-order valence-electron chi connectivity index (χ0n) is 16.7. The Morgan fingerprint density at radius 1 is 1.14 bits per heavy atom. The molecule has 0 aliphatic heterocycles. The van der Waals surface area contributed by atoms with E-state index in [1.54, 1.807) is 12.1 Å². The van der Waals surface area contributed by atoms with Gasteiger partial charge in [-0.3, -0.25) is 4.79 Å². The van der Waals surface area contributed by atoms with Crippen LogP contribution in [-0.4, -0.2) is 35.1 Å². The van der Waals surface area contributed by atoms with E-state index < -0.39 is 22.0 Å². The van der Waals surface area contributed by atoms with Gasteiger partial charge < -0.3 is 9.67 Å². The van der Waals surface area contributed by atoms with Crippen molar-refractivity contribution in [2.24, 2.45) is 5.92 Å². The summed E-state index contributed by atoms with van der Waals surface area (Å²) in [5, 5.41) is 9.30. The minimum atomic E-state index is -3.92. The Hall–Kier alpha value is -2.71. The Labute approximate surface area is 170 Å². The molecule has 0 radical (unpaired) electrons. The number of carbonyl (C=O) groups is 1. The SMILES string of the molecule is Cc1nc2ccccc2n1Cc1ccc(S(=O)(=O)N[C@H](CC(C)C)C(=O)O)cc1. The summed E-state index contributed by atoms with van der Waals surface area (Å²) in [4.78, 5) is 16.0. The summed E-state index contributed by atoms with van der Waals surface area (Å²) in [5.74, 6) is -0.252. The van der Waals surface area contributed by atoms with Crippen molar-refractivity contribution in [1.29, 1.82) is 0 Å². The van der Waals surface area contributed by atoms with E-state index in [-0.39, 0.29) is 17.2 Å². The van der Waals surface area contributed by atoms with Crippen molar-refractivity contribution in [2.45, 2.75) is 44.7 Å². The molecule has 8 heteroatoms. The first kappa shape index (κ1) is 21.0. The molecule has 3 aromatic rings. The van der Waals surface area contributed by atoms with Crippen molar-refractivity contribution in [2.75, 3.05) is 0 Å². The molecule has 2 aromatic carbocycles. The highest BCUT2D eigenvalue weighted by molar-refractivity contribution is 7.89. The number of rotatable bonds is 8. The summed E-state index contributed by atoms with van der Waals surface area (Å²) in [6.07, 6.45) is 0.222. The highest BCUT2D eigenvalue weighted by Crippen LogP contribution is 2.19. The monoisotopic (exact) mass is 415 g/mol. The predicted molar refractivity (Wildman–Crippen MR) is 111 cm³/mol. The second-order valence-electron chi connectivity index (χ2n) is 7.52. The third-order valence-electron chi connectivity index (χ3n) is 4.72. The molecule has 1 heterocycles. The van der Waals surface area contributed by atoms with Gasteiger partial charge in [0.05, 0.1) is 15.9 Å². The quantitative estimate of drug-likeness (QED) is 0.588. The number of sulfonamides is 1. The lowest BCUT2D eigenvalue weighted by Crippen LogP contribution is -2.41. The zero-order chi connectivity index (χ0) is 21.2. The van der Waals surface area contributed by atoms with Crippen molar-refractivity contribution < 1.29 is 18.3 Å². The molecule has 0 amide bonds. The van der Waals surface area contributed by atoms with Crippen LogP contribution in [0.5, 0.6) is 0 Å². The van der Waals surface area contributed by atoms with Gasteiger partial charge in [0.15, 0.2) is 0 Å². The van der Waals surface area contributed by atoms with Crippen LogP contribution in [0.4, 0.5) is 0 Å². The molecule has 0 spiro atoms. The van der Waals surface area contributed by atoms with Crippen molar-refractivity contribution in [3.8, 4) is 0 Å². The topological polar surface area (TPSA) is 101 Å². The molecule has 0 aliphatic carbocycles. The highest BCUT2D eigenvalue weighted by Gasteiger charge is 2.26. The van der Waals surface area contributed by atoms with Crippen molar-refractivity contribution in [1.82, 2.24) is 14.3 Å². The second-order valence-corrected chi connectivity index (χ2v) is 9.23. The first-order valence-corrected chi connectivity index (χ1v) is 10.9. The van der Waals surface area contributed by atoms with E-state index in [0.717, 1.165) is 22.4 Å². The first-order valence-electron chi connectivity index (χ1n) is 9.43. The number of para-hydroxylation sites is 2. The van der Waals surface area contributed by atoms with E-state index >= 15 is 0 Å². The molecule has 154 valence electrons. The van der Waals surface area contributed by atoms with Crippen molar-refractivity contribution >= 4 is 27.0 Å². The lowest BCUT2D eigenvalue weighted by Gasteiger charge is -2.17. The van der Waals surface area contributed by atoms with Crippen LogP contribution in [0, 0.1) is 12.8 Å². The fraction of sp³-hybridized carbons (Fsp3) is 0.333. The lowest BCUT2D eigenvalue weighted by molar-refractivity contribution is -0.139. The van der Waals surface area contributed by atoms with E-state index in [1.807, 2.05) is 45.0 Å². The first-order chi connectivity index (χ1) is 13.7. The largest absolute Gasteiger partial charge is 0.480 e. The summed E-state index contributed by atoms with van der Waals surface area (Å²) < 4.78 is 29.6. The molecule has 7 nitrogen and oxygen atoms in total. The van der Waals surface area contributed by atoms with Crippen molar-refractivity contribution in [3.05, 3.63) is 59.9 Å². The number of hydrogen-bond acceptors (Lipinski definition) is 4. The third kappa shape index (κ3) is 4.83. The molecule has 29 heavy (non-hydrogen) atoms. The minimum Gasteiger partial charge on any atom is -0.480 e. The molecule has 1 aromatic heterocycles. The number of nitrogens with zero attached hydrogens (tertiary/aromatic N) is 2. The maximum Gasteiger partial charge on any atom is 0.321 e. The molecule has 1 atom stereocenters. The van der Waals surface area contributed by atoms with Gasteiger partial charge in [-0.2, -0.15) is 4.72 Å². The van der Waals surface area contributed by atoms with E-state index in [1.165, 1.54) is 12.1 Å². The summed E-state index contributed by atoms with van der Waals surface area (Å²) >= 11 is 0. The summed E-state index contributed by atoms with van der Waals surface area (Å²) in [6, 6.07) is 13.2. The van der Waals surface area contributed by atoms with Gasteiger partial charge in [0.2, 0.25) is 10.0 Å². The Balaban J connectivity index is 1.80. The summed E-state index contributed by atoms with van der Waals surface area (Å²) in [7, 11) is -3.92. The van der Waals surface area contributed by atoms with E-state index in [0.29, 0.717) is 6.54 Å². The maximum absolute atomic E-state index is 12.6. The van der Waals surface area contributed by atoms with Crippen LogP contribution in [0.2, 0.25) is 0 Å². The number of hydrogen-bond donors (Lipinski definition) is 2. The van der Waals surface area contributed by atoms with Gasteiger partial charge >= 0.3 is 5.97 Å². The van der Waals surface area contributed by atoms with Gasteiger partial charge in [0.25, 0.3) is 0 Å². The Kier molecular flexibility index (Phi) is 6.04. The highest BCUT2D eigenvalue weighted by atomic mass is 32.2. The molecule has 0 saturated carbocycles. The lowest BCUT2D eigenvalue weighted by atomic mass is 10.1. The van der Waals surface area contributed by atoms with Crippen LogP contribution in [-0.2, 0) is 21.4 Å². The molecule has 0 unspecified atom stereocenters. The average Bonchev–Trinajstić information content (AvgIpc) is 2.96. The Morgan fingerprint density at radius 3 is 2.41 bits per heavy atom. The molecule has 0 fully saturated rings. The van der Waals surface area contributed by atoms with E-state index in [9.17, 15) is 18.3 Å². The summed E-state index contributed by atoms with van der Waals surface area (Å²) in [5.41, 5.74) is 2.85. The smallest absolute Gasteiger partial charge is 0.321 e. The van der Waals surface area contributed by atoms with Gasteiger partial charge in [-0.1, -0.05) is 38.1 Å². The fourth-order valence-corrected chi connectivity index (χ4v) is 4.48. The van der Waals surface area contributed by atoms with Crippen LogP contribution >= 0.6 is 0 Å². The number of imidazole rings is 1. The molecule has 0 aliphatic rings. The molecule has 3 rings (SSSR count). The van der Waals surface area contributed by atoms with Crippen LogP contribution in [0.1, 0.15) is 31.7 Å². The summed E-state index contributed by atoms with van der Waals surface area (Å²) in [6.45, 7) is 6.19. The van der Waals surface area contributed by atoms with Gasteiger partial charge in [0, 0.05) is 6.54 Å². The van der Waals surface area contributed by atoms with Gasteiger partial charge in [-0.05, 0) is 49.1 Å². The number of carboxylic acids is 1. The maximum atomic E-state index is 12.6. The normalized spacial score (nSPS) is 13.1. The standard InChI is InChI=1S/C21H25N3O4S/c1-14(2)12-19(21(25)26)23-29(27,28)17-10-8-16(9-11-17)13-24-15(3)22-18-6-4-5-7-20(18)24/h4-11,14,19,23H,12-13H2,1-3H3,(H,25,26)/t19-/m1/s1. The van der Waals surface area contributed by atoms with Gasteiger partial charge in [-0.25, -0.2) is 13.4 Å². The number of nitrogens with one attached hydrogen (secondary N) is 1. The zero-order valence-corrected chi connectivity index (χ0v) is 17.5. The fourth-order valence-electron chi connectivity index (χ4n) is 3.28. The molecule has 0 saturated heterocycles. The predicted octanol–water partition coefficient (Wildman–Crippen LogP) is 3.17. The molecular weight excluding hydrogens is 390 g/mol. The number of fused-ring (bicyclic) bond motifs is 1. The minimum absolute atomic E-state index is 0.0449. The number of benzene rings is 2. The number of aryl methyl sites for hydroxylation is 1. The number of aliphatic carboxylic acids is 1. The van der Waals surface area contributed by atoms with E-state index in [4.69, 9.17) is 0 Å². The van der Waals surface area contributed by atoms with Crippen LogP contribution in [0.15, 0.2) is 53.4 Å². The van der Waals surface area contributed by atoms with Crippen LogP contribution in [0.25, 0.3) is 11.0 Å². The van der Waals surface area contributed by atoms with Crippen molar-refractivity contribution in [3.63, 3.8) is 0 Å². The average molecular weight is 416 g/mol. The van der Waals surface area contributed by atoms with Gasteiger partial charge in [0.1, 0.15) is 11.9 Å². The molecular formula is C21H25N3O4S. The second kappa shape index (κ2) is 8.34. The number of aromatic nitrogens is 2. The van der Waals surface area contributed by atoms with Crippen LogP contribution < -0.4 is 4.72 Å². The third-order valence-corrected chi connectivity index (χ3v) is 6.21. The van der Waals surface area contributed by atoms with Crippen LogP contribution in [0.3, 0.4) is 0 Å². The van der Waals surface area contributed by atoms with E-state index in [2.05, 4.69) is 14.3 Å². The molecule has 0 bridgehead atoms. The Bertz CT molecular complexity index is 1120.